The number of benzene rings is 1. The number of carbonyl (C=O) groups is 2. The van der Waals surface area contributed by atoms with Crippen molar-refractivity contribution >= 4 is 22.8 Å². The zero-order valence-electron chi connectivity index (χ0n) is 9.84. The smallest absolute Gasteiger partial charge is 0.325 e. The highest BCUT2D eigenvalue weighted by Crippen LogP contribution is 2.11. The maximum atomic E-state index is 11.7. The van der Waals surface area contributed by atoms with E-state index in [9.17, 15) is 9.59 Å². The molecule has 0 fully saturated rings. The van der Waals surface area contributed by atoms with E-state index in [0.29, 0.717) is 0 Å². The second-order valence-corrected chi connectivity index (χ2v) is 3.65. The zero-order valence-corrected chi connectivity index (χ0v) is 9.84. The van der Waals surface area contributed by atoms with Gasteiger partial charge in [0.15, 0.2) is 0 Å². The predicted octanol–water partition coefficient (Wildman–Crippen LogP) is 1.14. The molecule has 0 radical (unpaired) electrons. The van der Waals surface area contributed by atoms with E-state index in [-0.39, 0.29) is 12.2 Å². The molecule has 18 heavy (non-hydrogen) atoms. The number of esters is 1. The molecule has 2 rings (SSSR count). The molecule has 0 atom stereocenters. The lowest BCUT2D eigenvalue weighted by atomic mass is 10.2. The van der Waals surface area contributed by atoms with Gasteiger partial charge in [0.05, 0.1) is 12.6 Å². The lowest BCUT2D eigenvalue weighted by Gasteiger charge is -2.04. The average Bonchev–Trinajstić information content (AvgIpc) is 2.43. The number of amides is 1. The Kier molecular flexibility index (Phi) is 3.52. The summed E-state index contributed by atoms with van der Waals surface area (Å²) >= 11 is 0. The SMILES string of the molecule is COC(=O)CNC(=O)c1ccc2ccccc2n1. The Hall–Kier alpha value is -2.43. The van der Waals surface area contributed by atoms with E-state index in [2.05, 4.69) is 15.0 Å². The lowest BCUT2D eigenvalue weighted by molar-refractivity contribution is -0.139. The van der Waals surface area contributed by atoms with Crippen LogP contribution in [0.5, 0.6) is 0 Å². The fourth-order valence-electron chi connectivity index (χ4n) is 1.51. The largest absolute Gasteiger partial charge is 0.468 e. The topological polar surface area (TPSA) is 68.3 Å². The highest BCUT2D eigenvalue weighted by Gasteiger charge is 2.09. The standard InChI is InChI=1S/C13H12N2O3/c1-18-12(16)8-14-13(17)11-7-6-9-4-2-3-5-10(9)15-11/h2-7H,8H2,1H3,(H,14,17). The summed E-state index contributed by atoms with van der Waals surface area (Å²) in [6.07, 6.45) is 0. The normalized spacial score (nSPS) is 10.1. The molecule has 0 saturated heterocycles. The number of rotatable bonds is 3. The molecule has 5 heteroatoms. The fourth-order valence-corrected chi connectivity index (χ4v) is 1.51. The van der Waals surface area contributed by atoms with Gasteiger partial charge in [-0.3, -0.25) is 9.59 Å². The van der Waals surface area contributed by atoms with Crippen LogP contribution in [0.1, 0.15) is 10.5 Å². The molecule has 1 N–H and O–H groups in total. The first-order chi connectivity index (χ1) is 8.70. The molecule has 0 spiro atoms. The molecule has 5 nitrogen and oxygen atoms in total. The lowest BCUT2D eigenvalue weighted by Crippen LogP contribution is -2.30. The van der Waals surface area contributed by atoms with Gasteiger partial charge in [-0.15, -0.1) is 0 Å². The van der Waals surface area contributed by atoms with Crippen molar-refractivity contribution in [3.63, 3.8) is 0 Å². The van der Waals surface area contributed by atoms with Gasteiger partial charge in [0, 0.05) is 5.39 Å². The summed E-state index contributed by atoms with van der Waals surface area (Å²) in [5, 5.41) is 3.40. The van der Waals surface area contributed by atoms with E-state index in [0.717, 1.165) is 10.9 Å². The third-order valence-corrected chi connectivity index (χ3v) is 2.45. The number of hydrogen-bond donors (Lipinski definition) is 1. The highest BCUT2D eigenvalue weighted by atomic mass is 16.5. The predicted molar refractivity (Wildman–Crippen MR) is 66.1 cm³/mol. The van der Waals surface area contributed by atoms with Gasteiger partial charge in [-0.2, -0.15) is 0 Å². The molecule has 1 aromatic carbocycles. The number of methoxy groups -OCH3 is 1. The molecule has 0 saturated carbocycles. The Bertz CT molecular complexity index is 596. The quantitative estimate of drug-likeness (QED) is 0.822. The fraction of sp³-hybridized carbons (Fsp3) is 0.154. The van der Waals surface area contributed by atoms with Crippen molar-refractivity contribution in [2.75, 3.05) is 13.7 Å². The van der Waals surface area contributed by atoms with Gasteiger partial charge < -0.3 is 10.1 Å². The Labute approximate surface area is 104 Å². The van der Waals surface area contributed by atoms with Gasteiger partial charge in [-0.1, -0.05) is 24.3 Å². The van der Waals surface area contributed by atoms with Crippen LogP contribution in [0.25, 0.3) is 10.9 Å². The van der Waals surface area contributed by atoms with Crippen LogP contribution in [0.3, 0.4) is 0 Å². The van der Waals surface area contributed by atoms with Crippen molar-refractivity contribution in [2.45, 2.75) is 0 Å². The molecule has 92 valence electrons. The average molecular weight is 244 g/mol. The number of para-hydroxylation sites is 1. The second kappa shape index (κ2) is 5.27. The first-order valence-electron chi connectivity index (χ1n) is 5.41. The first kappa shape index (κ1) is 12.0. The van der Waals surface area contributed by atoms with E-state index in [4.69, 9.17) is 0 Å². The number of pyridine rings is 1. The van der Waals surface area contributed by atoms with Crippen LogP contribution >= 0.6 is 0 Å². The summed E-state index contributed by atoms with van der Waals surface area (Å²) < 4.78 is 4.43. The van der Waals surface area contributed by atoms with Gasteiger partial charge in [-0.25, -0.2) is 4.98 Å². The summed E-state index contributed by atoms with van der Waals surface area (Å²) in [5.41, 5.74) is 1.01. The summed E-state index contributed by atoms with van der Waals surface area (Å²) in [7, 11) is 1.27. The van der Waals surface area contributed by atoms with Crippen molar-refractivity contribution in [3.8, 4) is 0 Å². The maximum Gasteiger partial charge on any atom is 0.325 e. The minimum Gasteiger partial charge on any atom is -0.468 e. The molecule has 0 aliphatic rings. The van der Waals surface area contributed by atoms with Gasteiger partial charge >= 0.3 is 5.97 Å². The highest BCUT2D eigenvalue weighted by molar-refractivity contribution is 5.96. The van der Waals surface area contributed by atoms with Crippen LogP contribution in [0, 0.1) is 0 Å². The van der Waals surface area contributed by atoms with Gasteiger partial charge in [-0.05, 0) is 12.1 Å². The molecule has 1 heterocycles. The first-order valence-corrected chi connectivity index (χ1v) is 5.41. The van der Waals surface area contributed by atoms with Crippen molar-refractivity contribution in [2.24, 2.45) is 0 Å². The Morgan fingerprint density at radius 1 is 1.22 bits per heavy atom. The number of ether oxygens (including phenoxy) is 1. The number of hydrogen-bond acceptors (Lipinski definition) is 4. The third-order valence-electron chi connectivity index (χ3n) is 2.45. The van der Waals surface area contributed by atoms with Crippen molar-refractivity contribution in [3.05, 3.63) is 42.1 Å². The summed E-state index contributed by atoms with van der Waals surface area (Å²) in [4.78, 5) is 26.8. The van der Waals surface area contributed by atoms with Crippen LogP contribution in [0.15, 0.2) is 36.4 Å². The summed E-state index contributed by atoms with van der Waals surface area (Å²) in [6, 6.07) is 10.9. The second-order valence-electron chi connectivity index (χ2n) is 3.65. The molecule has 1 amide bonds. The number of nitrogens with zero attached hydrogens (tertiary/aromatic N) is 1. The van der Waals surface area contributed by atoms with E-state index in [1.165, 1.54) is 7.11 Å². The number of carbonyl (C=O) groups excluding carboxylic acids is 2. The van der Waals surface area contributed by atoms with E-state index in [1.54, 1.807) is 6.07 Å². The van der Waals surface area contributed by atoms with Crippen LogP contribution in [0.2, 0.25) is 0 Å². The molecular weight excluding hydrogens is 232 g/mol. The van der Waals surface area contributed by atoms with Crippen molar-refractivity contribution < 1.29 is 14.3 Å². The molecule has 0 aliphatic heterocycles. The van der Waals surface area contributed by atoms with E-state index < -0.39 is 11.9 Å². The maximum absolute atomic E-state index is 11.7. The van der Waals surface area contributed by atoms with Gasteiger partial charge in [0.2, 0.25) is 0 Å². The van der Waals surface area contributed by atoms with Crippen LogP contribution in [0.4, 0.5) is 0 Å². The van der Waals surface area contributed by atoms with Crippen molar-refractivity contribution in [1.29, 1.82) is 0 Å². The summed E-state index contributed by atoms with van der Waals surface area (Å²) in [6.45, 7) is -0.163. The molecule has 0 bridgehead atoms. The molecule has 0 unspecified atom stereocenters. The molecule has 0 aliphatic carbocycles. The summed E-state index contributed by atoms with van der Waals surface area (Å²) in [5.74, 6) is -0.893. The van der Waals surface area contributed by atoms with Gasteiger partial charge in [0.25, 0.3) is 5.91 Å². The van der Waals surface area contributed by atoms with E-state index in [1.807, 2.05) is 30.3 Å². The van der Waals surface area contributed by atoms with Gasteiger partial charge in [0.1, 0.15) is 12.2 Å². The molecule has 1 aromatic heterocycles. The van der Waals surface area contributed by atoms with Crippen LogP contribution in [-0.2, 0) is 9.53 Å². The number of fused-ring (bicyclic) bond motifs is 1. The zero-order chi connectivity index (χ0) is 13.0. The van der Waals surface area contributed by atoms with Crippen molar-refractivity contribution in [1.82, 2.24) is 10.3 Å². The Morgan fingerprint density at radius 3 is 2.78 bits per heavy atom. The Morgan fingerprint density at radius 2 is 2.00 bits per heavy atom. The van der Waals surface area contributed by atoms with Crippen LogP contribution < -0.4 is 5.32 Å². The molecular formula is C13H12N2O3. The molecule has 2 aromatic rings. The third kappa shape index (κ3) is 2.63. The van der Waals surface area contributed by atoms with Crippen LogP contribution in [-0.4, -0.2) is 30.5 Å². The number of nitrogens with one attached hydrogen (secondary N) is 1. The minimum atomic E-state index is -0.496. The Balaban J connectivity index is 2.15. The number of aromatic nitrogens is 1. The van der Waals surface area contributed by atoms with E-state index >= 15 is 0 Å². The minimum absolute atomic E-state index is 0.163. The monoisotopic (exact) mass is 244 g/mol.